The summed E-state index contributed by atoms with van der Waals surface area (Å²) in [5.41, 5.74) is 3.35. The summed E-state index contributed by atoms with van der Waals surface area (Å²) in [5, 5.41) is 7.09. The summed E-state index contributed by atoms with van der Waals surface area (Å²) in [7, 11) is 1.36. The second-order valence-electron chi connectivity index (χ2n) is 6.47. The van der Waals surface area contributed by atoms with E-state index in [1.807, 2.05) is 37.3 Å². The van der Waals surface area contributed by atoms with Crippen molar-refractivity contribution in [1.29, 1.82) is 0 Å². The number of thiocarbonyl (C=S) groups is 1. The van der Waals surface area contributed by atoms with E-state index in [1.54, 1.807) is 31.2 Å². The smallest absolute Gasteiger partial charge is 0.341 e. The van der Waals surface area contributed by atoms with Gasteiger partial charge in [-0.05, 0) is 55.9 Å². The molecule has 8 heteroatoms. The van der Waals surface area contributed by atoms with Gasteiger partial charge in [-0.3, -0.25) is 0 Å². The highest BCUT2D eigenvalue weighted by Gasteiger charge is 2.24. The number of aryl methyl sites for hydroxylation is 1. The maximum Gasteiger partial charge on any atom is 0.341 e. The van der Waals surface area contributed by atoms with E-state index in [-0.39, 0.29) is 5.97 Å². The first-order chi connectivity index (χ1) is 14.9. The van der Waals surface area contributed by atoms with Gasteiger partial charge in [0.25, 0.3) is 0 Å². The minimum atomic E-state index is -0.438. The zero-order valence-corrected chi connectivity index (χ0v) is 19.0. The van der Waals surface area contributed by atoms with Gasteiger partial charge in [0.15, 0.2) is 5.11 Å². The predicted molar refractivity (Wildman–Crippen MR) is 128 cm³/mol. The molecule has 0 saturated carbocycles. The van der Waals surface area contributed by atoms with Gasteiger partial charge < -0.3 is 20.1 Å². The summed E-state index contributed by atoms with van der Waals surface area (Å²) in [4.78, 5) is 25.3. The molecule has 0 amide bonds. The summed E-state index contributed by atoms with van der Waals surface area (Å²) in [6.07, 6.45) is 0. The van der Waals surface area contributed by atoms with Crippen LogP contribution in [0.1, 0.15) is 32.5 Å². The fourth-order valence-electron chi connectivity index (χ4n) is 3.05. The molecule has 0 saturated heterocycles. The van der Waals surface area contributed by atoms with Crippen molar-refractivity contribution in [1.82, 2.24) is 0 Å². The lowest BCUT2D eigenvalue weighted by Crippen LogP contribution is -2.20. The summed E-state index contributed by atoms with van der Waals surface area (Å²) < 4.78 is 10.0. The number of anilines is 2. The van der Waals surface area contributed by atoms with Crippen molar-refractivity contribution in [3.8, 4) is 11.1 Å². The Labute approximate surface area is 190 Å². The van der Waals surface area contributed by atoms with E-state index in [4.69, 9.17) is 21.7 Å². The van der Waals surface area contributed by atoms with E-state index in [9.17, 15) is 9.59 Å². The van der Waals surface area contributed by atoms with Gasteiger partial charge in [-0.1, -0.05) is 30.3 Å². The van der Waals surface area contributed by atoms with Gasteiger partial charge in [0.05, 0.1) is 19.3 Å². The zero-order chi connectivity index (χ0) is 22.4. The monoisotopic (exact) mass is 454 g/mol. The maximum absolute atomic E-state index is 12.6. The summed E-state index contributed by atoms with van der Waals surface area (Å²) in [6.45, 7) is 4.03. The van der Waals surface area contributed by atoms with E-state index in [2.05, 4.69) is 10.6 Å². The molecule has 0 atom stereocenters. The third-order valence-electron chi connectivity index (χ3n) is 4.42. The van der Waals surface area contributed by atoms with Crippen molar-refractivity contribution in [2.75, 3.05) is 24.4 Å². The van der Waals surface area contributed by atoms with Crippen LogP contribution in [0.25, 0.3) is 11.1 Å². The molecule has 160 valence electrons. The number of rotatable bonds is 6. The number of thiophene rings is 1. The van der Waals surface area contributed by atoms with Crippen LogP contribution >= 0.6 is 23.6 Å². The molecule has 31 heavy (non-hydrogen) atoms. The third kappa shape index (κ3) is 5.28. The molecule has 0 aliphatic rings. The lowest BCUT2D eigenvalue weighted by atomic mass is 10.0. The lowest BCUT2D eigenvalue weighted by molar-refractivity contribution is 0.0525. The summed E-state index contributed by atoms with van der Waals surface area (Å²) in [5.74, 6) is -0.813. The first kappa shape index (κ1) is 22.5. The standard InChI is InChI=1S/C23H22N2O4S2/c1-4-29-21(26)16-10-12-17(13-11-16)24-23(30)25-20-19(22(27)28-3)18(14(2)31-20)15-8-6-5-7-9-15/h5-13H,4H2,1-3H3,(H2,24,25,30). The largest absolute Gasteiger partial charge is 0.465 e. The molecule has 2 aromatic carbocycles. The van der Waals surface area contributed by atoms with Crippen LogP contribution in [-0.2, 0) is 9.47 Å². The molecule has 0 fully saturated rings. The van der Waals surface area contributed by atoms with Crippen molar-refractivity contribution in [2.24, 2.45) is 0 Å². The van der Waals surface area contributed by atoms with Gasteiger partial charge in [0.1, 0.15) is 10.6 Å². The third-order valence-corrected chi connectivity index (χ3v) is 5.64. The number of ether oxygens (including phenoxy) is 2. The normalized spacial score (nSPS) is 10.3. The van der Waals surface area contributed by atoms with Gasteiger partial charge >= 0.3 is 11.9 Å². The molecule has 0 aliphatic carbocycles. The molecular formula is C23H22N2O4S2. The van der Waals surface area contributed by atoms with E-state index < -0.39 is 5.97 Å². The first-order valence-electron chi connectivity index (χ1n) is 9.56. The first-order valence-corrected chi connectivity index (χ1v) is 10.8. The van der Waals surface area contributed by atoms with Crippen LogP contribution in [0.4, 0.5) is 10.7 Å². The van der Waals surface area contributed by atoms with Crippen molar-refractivity contribution in [3.63, 3.8) is 0 Å². The zero-order valence-electron chi connectivity index (χ0n) is 17.4. The van der Waals surface area contributed by atoms with Crippen LogP contribution in [0.2, 0.25) is 0 Å². The Bertz CT molecular complexity index is 1090. The van der Waals surface area contributed by atoms with Crippen molar-refractivity contribution >= 4 is 51.3 Å². The second kappa shape index (κ2) is 10.2. The van der Waals surface area contributed by atoms with Crippen molar-refractivity contribution in [3.05, 3.63) is 70.6 Å². The molecule has 3 aromatic rings. The summed E-state index contributed by atoms with van der Waals surface area (Å²) >= 11 is 6.87. The minimum Gasteiger partial charge on any atom is -0.465 e. The Balaban J connectivity index is 1.81. The Hall–Kier alpha value is -3.23. The van der Waals surface area contributed by atoms with E-state index in [0.717, 1.165) is 16.0 Å². The lowest BCUT2D eigenvalue weighted by Gasteiger charge is -2.12. The number of hydrogen-bond donors (Lipinski definition) is 2. The van der Waals surface area contributed by atoms with Crippen LogP contribution < -0.4 is 10.6 Å². The molecule has 0 spiro atoms. The second-order valence-corrected chi connectivity index (χ2v) is 8.10. The van der Waals surface area contributed by atoms with Crippen LogP contribution in [0, 0.1) is 6.92 Å². The number of hydrogen-bond acceptors (Lipinski definition) is 6. The van der Waals surface area contributed by atoms with Gasteiger partial charge in [0, 0.05) is 16.1 Å². The van der Waals surface area contributed by atoms with E-state index in [1.165, 1.54) is 18.4 Å². The molecular weight excluding hydrogens is 432 g/mol. The van der Waals surface area contributed by atoms with E-state index in [0.29, 0.717) is 33.5 Å². The SMILES string of the molecule is CCOC(=O)c1ccc(NC(=S)Nc2sc(C)c(-c3ccccc3)c2C(=O)OC)cc1. The molecule has 0 radical (unpaired) electrons. The van der Waals surface area contributed by atoms with Crippen LogP contribution in [-0.4, -0.2) is 30.8 Å². The highest BCUT2D eigenvalue weighted by atomic mass is 32.1. The highest BCUT2D eigenvalue weighted by molar-refractivity contribution is 7.80. The molecule has 0 unspecified atom stereocenters. The molecule has 0 aliphatic heterocycles. The van der Waals surface area contributed by atoms with Crippen LogP contribution in [0.15, 0.2) is 54.6 Å². The molecule has 2 N–H and O–H groups in total. The number of nitrogens with one attached hydrogen (secondary N) is 2. The molecule has 3 rings (SSSR count). The maximum atomic E-state index is 12.6. The van der Waals surface area contributed by atoms with E-state index >= 15 is 0 Å². The average molecular weight is 455 g/mol. The molecule has 1 heterocycles. The number of benzene rings is 2. The van der Waals surface area contributed by atoms with Crippen molar-refractivity contribution in [2.45, 2.75) is 13.8 Å². The summed E-state index contributed by atoms with van der Waals surface area (Å²) in [6, 6.07) is 16.5. The van der Waals surface area contributed by atoms with Gasteiger partial charge in [0.2, 0.25) is 0 Å². The quantitative estimate of drug-likeness (QED) is 0.376. The minimum absolute atomic E-state index is 0.315. The Morgan fingerprint density at radius 2 is 1.68 bits per heavy atom. The van der Waals surface area contributed by atoms with Gasteiger partial charge in [-0.2, -0.15) is 0 Å². The Morgan fingerprint density at radius 1 is 1.00 bits per heavy atom. The molecule has 0 bridgehead atoms. The number of carbonyl (C=O) groups excluding carboxylic acids is 2. The Morgan fingerprint density at radius 3 is 2.29 bits per heavy atom. The average Bonchev–Trinajstić information content (AvgIpc) is 3.09. The molecule has 1 aromatic heterocycles. The topological polar surface area (TPSA) is 76.7 Å². The van der Waals surface area contributed by atoms with Gasteiger partial charge in [-0.15, -0.1) is 11.3 Å². The fourth-order valence-corrected chi connectivity index (χ4v) is 4.40. The predicted octanol–water partition coefficient (Wildman–Crippen LogP) is 5.50. The van der Waals surface area contributed by atoms with Crippen LogP contribution in [0.3, 0.4) is 0 Å². The highest BCUT2D eigenvalue weighted by Crippen LogP contribution is 2.40. The number of esters is 2. The van der Waals surface area contributed by atoms with Crippen LogP contribution in [0.5, 0.6) is 0 Å². The Kier molecular flexibility index (Phi) is 7.38. The molecule has 6 nitrogen and oxygen atoms in total. The fraction of sp³-hybridized carbons (Fsp3) is 0.174. The number of carbonyl (C=O) groups is 2. The van der Waals surface area contributed by atoms with Crippen molar-refractivity contribution < 1.29 is 19.1 Å². The van der Waals surface area contributed by atoms with Gasteiger partial charge in [-0.25, -0.2) is 9.59 Å². The number of methoxy groups -OCH3 is 1.